The number of nitriles is 1. The monoisotopic (exact) mass is 221 g/mol. The van der Waals surface area contributed by atoms with Crippen molar-refractivity contribution in [1.29, 1.82) is 5.26 Å². The molecular formula is C14H23NO. The first kappa shape index (κ1) is 13.2. The van der Waals surface area contributed by atoms with E-state index in [1.54, 1.807) is 0 Å². The minimum absolute atomic E-state index is 0.180. The van der Waals surface area contributed by atoms with Crippen molar-refractivity contribution in [2.24, 2.45) is 10.8 Å². The third-order valence-corrected chi connectivity index (χ3v) is 3.67. The predicted octanol–water partition coefficient (Wildman–Crippen LogP) is 3.86. The van der Waals surface area contributed by atoms with Gasteiger partial charge in [-0.3, -0.25) is 4.79 Å². The zero-order valence-corrected chi connectivity index (χ0v) is 10.8. The lowest BCUT2D eigenvalue weighted by molar-refractivity contribution is -0.131. The Bertz CT molecular complexity index is 294. The summed E-state index contributed by atoms with van der Waals surface area (Å²) < 4.78 is 0. The van der Waals surface area contributed by atoms with E-state index >= 15 is 0 Å². The molecule has 0 aliphatic heterocycles. The predicted molar refractivity (Wildman–Crippen MR) is 64.8 cm³/mol. The van der Waals surface area contributed by atoms with Crippen LogP contribution < -0.4 is 0 Å². The number of hydrogen-bond donors (Lipinski definition) is 0. The lowest BCUT2D eigenvalue weighted by Gasteiger charge is -2.25. The molecule has 90 valence electrons. The molecule has 0 radical (unpaired) electrons. The topological polar surface area (TPSA) is 40.9 Å². The van der Waals surface area contributed by atoms with E-state index in [1.807, 2.05) is 13.8 Å². The van der Waals surface area contributed by atoms with Gasteiger partial charge in [0.2, 0.25) is 0 Å². The summed E-state index contributed by atoms with van der Waals surface area (Å²) in [6, 6.07) is 2.21. The highest BCUT2D eigenvalue weighted by Gasteiger charge is 2.54. The van der Waals surface area contributed by atoms with Gasteiger partial charge in [-0.25, -0.2) is 0 Å². The lowest BCUT2D eigenvalue weighted by Crippen LogP contribution is -2.31. The molecule has 1 rings (SSSR count). The number of carbonyl (C=O) groups excluding carboxylic acids is 1. The van der Waals surface area contributed by atoms with Crippen LogP contribution >= 0.6 is 0 Å². The van der Waals surface area contributed by atoms with Crippen LogP contribution in [0.2, 0.25) is 0 Å². The fourth-order valence-electron chi connectivity index (χ4n) is 2.27. The minimum Gasteiger partial charge on any atom is -0.297 e. The van der Waals surface area contributed by atoms with Gasteiger partial charge in [0.05, 0.1) is 6.07 Å². The second-order valence-corrected chi connectivity index (χ2v) is 5.72. The van der Waals surface area contributed by atoms with Gasteiger partial charge in [-0.2, -0.15) is 5.26 Å². The normalized spacial score (nSPS) is 17.9. The van der Waals surface area contributed by atoms with Crippen molar-refractivity contribution in [1.82, 2.24) is 0 Å². The first-order chi connectivity index (χ1) is 7.48. The van der Waals surface area contributed by atoms with Crippen molar-refractivity contribution in [3.8, 4) is 6.07 Å². The van der Waals surface area contributed by atoms with Crippen LogP contribution in [0.25, 0.3) is 0 Å². The maximum Gasteiger partial charge on any atom is 0.158 e. The van der Waals surface area contributed by atoms with Crippen LogP contribution in [0.5, 0.6) is 0 Å². The second kappa shape index (κ2) is 4.99. The van der Waals surface area contributed by atoms with Gasteiger partial charge >= 0.3 is 0 Å². The molecule has 1 aliphatic rings. The fourth-order valence-corrected chi connectivity index (χ4v) is 2.27. The molecular weight excluding hydrogens is 198 g/mol. The van der Waals surface area contributed by atoms with E-state index in [1.165, 1.54) is 19.3 Å². The highest BCUT2D eigenvalue weighted by molar-refractivity contribution is 5.94. The number of rotatable bonds is 7. The third kappa shape index (κ3) is 2.84. The van der Waals surface area contributed by atoms with Gasteiger partial charge in [-0.15, -0.1) is 0 Å². The largest absolute Gasteiger partial charge is 0.297 e. The van der Waals surface area contributed by atoms with Crippen LogP contribution in [0.1, 0.15) is 65.7 Å². The van der Waals surface area contributed by atoms with E-state index < -0.39 is 5.41 Å². The van der Waals surface area contributed by atoms with E-state index in [0.717, 1.165) is 25.7 Å². The third-order valence-electron chi connectivity index (χ3n) is 3.67. The average Bonchev–Trinajstić information content (AvgIpc) is 3.04. The van der Waals surface area contributed by atoms with Gasteiger partial charge in [0.15, 0.2) is 5.78 Å². The summed E-state index contributed by atoms with van der Waals surface area (Å²) >= 11 is 0. The molecule has 2 nitrogen and oxygen atoms in total. The van der Waals surface area contributed by atoms with Crippen molar-refractivity contribution >= 4 is 5.78 Å². The zero-order chi connectivity index (χ0) is 12.2. The van der Waals surface area contributed by atoms with E-state index in [-0.39, 0.29) is 11.2 Å². The Morgan fingerprint density at radius 1 is 1.31 bits per heavy atom. The molecule has 1 fully saturated rings. The molecule has 0 spiro atoms. The van der Waals surface area contributed by atoms with Crippen LogP contribution in [-0.2, 0) is 4.79 Å². The summed E-state index contributed by atoms with van der Waals surface area (Å²) in [5.74, 6) is 0.180. The Hall–Kier alpha value is -0.840. The number of unbranched alkanes of at least 4 members (excludes halogenated alkanes) is 3. The summed E-state index contributed by atoms with van der Waals surface area (Å²) in [5.41, 5.74) is -0.909. The molecule has 0 aromatic carbocycles. The Labute approximate surface area is 99.0 Å². The molecule has 0 aromatic rings. The van der Waals surface area contributed by atoms with Crippen LogP contribution in [0.4, 0.5) is 0 Å². The van der Waals surface area contributed by atoms with Gasteiger partial charge < -0.3 is 0 Å². The van der Waals surface area contributed by atoms with Gasteiger partial charge in [-0.1, -0.05) is 46.5 Å². The summed E-state index contributed by atoms with van der Waals surface area (Å²) in [6.45, 7) is 6.18. The van der Waals surface area contributed by atoms with Gasteiger partial charge in [0.1, 0.15) is 5.41 Å². The molecule has 1 saturated carbocycles. The first-order valence-corrected chi connectivity index (χ1v) is 6.45. The molecule has 0 amide bonds. The number of carbonyl (C=O) groups is 1. The van der Waals surface area contributed by atoms with E-state index in [0.29, 0.717) is 0 Å². The summed E-state index contributed by atoms with van der Waals surface area (Å²) in [6.07, 6.45) is 7.25. The van der Waals surface area contributed by atoms with Crippen molar-refractivity contribution in [3.05, 3.63) is 0 Å². The van der Waals surface area contributed by atoms with E-state index in [2.05, 4.69) is 13.0 Å². The van der Waals surface area contributed by atoms with Gasteiger partial charge in [0.25, 0.3) is 0 Å². The number of ketones is 1. The molecule has 0 N–H and O–H groups in total. The van der Waals surface area contributed by atoms with E-state index in [9.17, 15) is 4.79 Å². The smallest absolute Gasteiger partial charge is 0.158 e. The molecule has 2 heteroatoms. The van der Waals surface area contributed by atoms with Gasteiger partial charge in [-0.05, 0) is 19.3 Å². The zero-order valence-electron chi connectivity index (χ0n) is 10.8. The van der Waals surface area contributed by atoms with Crippen LogP contribution in [0.3, 0.4) is 0 Å². The molecule has 16 heavy (non-hydrogen) atoms. The van der Waals surface area contributed by atoms with Crippen LogP contribution in [0.15, 0.2) is 0 Å². The molecule has 0 unspecified atom stereocenters. The highest BCUT2D eigenvalue weighted by atomic mass is 16.1. The molecule has 0 saturated heterocycles. The van der Waals surface area contributed by atoms with Crippen molar-refractivity contribution in [2.45, 2.75) is 65.7 Å². The Morgan fingerprint density at radius 3 is 2.38 bits per heavy atom. The average molecular weight is 221 g/mol. The van der Waals surface area contributed by atoms with Crippen molar-refractivity contribution < 1.29 is 4.79 Å². The molecule has 0 bridgehead atoms. The minimum atomic E-state index is -0.603. The molecule has 1 aliphatic carbocycles. The standard InChI is InChI=1S/C14H23NO/c1-4-5-6-7-8-13(2,3)12(16)14(11-15)9-10-14/h4-10H2,1-3H3. The molecule has 0 heterocycles. The van der Waals surface area contributed by atoms with Crippen molar-refractivity contribution in [2.75, 3.05) is 0 Å². The SMILES string of the molecule is CCCCCCC(C)(C)C(=O)C1(C#N)CC1. The number of nitrogens with zero attached hydrogens (tertiary/aromatic N) is 1. The van der Waals surface area contributed by atoms with Crippen molar-refractivity contribution in [3.63, 3.8) is 0 Å². The Kier molecular flexibility index (Phi) is 4.13. The molecule has 0 atom stereocenters. The Morgan fingerprint density at radius 2 is 1.94 bits per heavy atom. The maximum absolute atomic E-state index is 12.2. The van der Waals surface area contributed by atoms with E-state index in [4.69, 9.17) is 5.26 Å². The van der Waals surface area contributed by atoms with Crippen LogP contribution in [0, 0.1) is 22.2 Å². The maximum atomic E-state index is 12.2. The quantitative estimate of drug-likeness (QED) is 0.612. The number of hydrogen-bond acceptors (Lipinski definition) is 2. The Balaban J connectivity index is 2.44. The summed E-state index contributed by atoms with van der Waals surface area (Å²) in [5, 5.41) is 9.03. The van der Waals surface area contributed by atoms with Gasteiger partial charge in [0, 0.05) is 5.41 Å². The lowest BCUT2D eigenvalue weighted by atomic mass is 9.76. The second-order valence-electron chi connectivity index (χ2n) is 5.72. The molecule has 0 aromatic heterocycles. The van der Waals surface area contributed by atoms with Crippen LogP contribution in [-0.4, -0.2) is 5.78 Å². The summed E-state index contributed by atoms with van der Waals surface area (Å²) in [4.78, 5) is 12.2. The summed E-state index contributed by atoms with van der Waals surface area (Å²) in [7, 11) is 0. The first-order valence-electron chi connectivity index (χ1n) is 6.45. The fraction of sp³-hybridized carbons (Fsp3) is 0.857. The highest BCUT2D eigenvalue weighted by Crippen LogP contribution is 2.50. The number of Topliss-reactive ketones (excluding diaryl/α,β-unsaturated/α-hetero) is 1.